The molecule has 0 N–H and O–H groups in total. The molecule has 3 aliphatic heterocycles. The zero-order valence-electron chi connectivity index (χ0n) is 18.7. The molecule has 5 rings (SSSR count). The van der Waals surface area contributed by atoms with Gasteiger partial charge in [-0.1, -0.05) is 24.6 Å². The van der Waals surface area contributed by atoms with Gasteiger partial charge in [0.15, 0.2) is 0 Å². The Hall–Kier alpha value is -2.84. The van der Waals surface area contributed by atoms with Crippen LogP contribution in [0.15, 0.2) is 48.5 Å². The summed E-state index contributed by atoms with van der Waals surface area (Å²) < 4.78 is 5.46. The van der Waals surface area contributed by atoms with Crippen molar-refractivity contribution >= 4 is 5.91 Å². The minimum absolute atomic E-state index is 0.0705. The summed E-state index contributed by atoms with van der Waals surface area (Å²) in [5.74, 6) is 1.99. The maximum absolute atomic E-state index is 13.4. The van der Waals surface area contributed by atoms with Gasteiger partial charge in [0.2, 0.25) is 0 Å². The molecular weight excluding hydrogens is 398 g/mol. The van der Waals surface area contributed by atoms with Crippen molar-refractivity contribution in [2.24, 2.45) is 11.8 Å². The minimum Gasteiger partial charge on any atom is -0.497 e. The highest BCUT2D eigenvalue weighted by atomic mass is 16.5. The third-order valence-electron chi connectivity index (χ3n) is 7.73. The molecule has 0 aromatic heterocycles. The normalized spacial score (nSPS) is 27.3. The molecule has 0 radical (unpaired) electrons. The van der Waals surface area contributed by atoms with E-state index in [9.17, 15) is 10.1 Å². The van der Waals surface area contributed by atoms with E-state index >= 15 is 0 Å². The molecule has 4 atom stereocenters. The summed E-state index contributed by atoms with van der Waals surface area (Å²) in [4.78, 5) is 18.2. The molecule has 2 bridgehead atoms. The molecule has 3 fully saturated rings. The molecule has 0 unspecified atom stereocenters. The van der Waals surface area contributed by atoms with Crippen LogP contribution in [0.2, 0.25) is 0 Å². The molecule has 3 aliphatic rings. The fourth-order valence-corrected chi connectivity index (χ4v) is 6.30. The van der Waals surface area contributed by atoms with Crippen LogP contribution in [0.25, 0.3) is 0 Å². The van der Waals surface area contributed by atoms with Crippen molar-refractivity contribution in [2.75, 3.05) is 26.7 Å². The van der Waals surface area contributed by atoms with Crippen LogP contribution in [0, 0.1) is 23.2 Å². The number of ether oxygens (including phenoxy) is 1. The Kier molecular flexibility index (Phi) is 5.89. The highest BCUT2D eigenvalue weighted by Crippen LogP contribution is 2.42. The smallest absolute Gasteiger partial charge is 0.253 e. The largest absolute Gasteiger partial charge is 0.497 e. The molecular formula is C27H31N3O2. The van der Waals surface area contributed by atoms with Crippen molar-refractivity contribution < 1.29 is 9.53 Å². The number of carbonyl (C=O) groups excluding carboxylic acids is 1. The molecule has 0 aliphatic carbocycles. The number of hydrogen-bond acceptors (Lipinski definition) is 4. The van der Waals surface area contributed by atoms with Crippen molar-refractivity contribution in [3.8, 4) is 11.8 Å². The Morgan fingerprint density at radius 2 is 1.97 bits per heavy atom. The van der Waals surface area contributed by atoms with Gasteiger partial charge < -0.3 is 9.64 Å². The SMILES string of the molecule is COc1cccc(C[C@H]2[C@H]3C[C@H](CN(C(=O)c4cccc(C#N)c4)C3)[C@@H]3CCCCN32)c1. The summed E-state index contributed by atoms with van der Waals surface area (Å²) in [6, 6.07) is 18.7. The maximum Gasteiger partial charge on any atom is 0.253 e. The monoisotopic (exact) mass is 429 g/mol. The first kappa shape index (κ1) is 21.0. The lowest BCUT2D eigenvalue weighted by Crippen LogP contribution is -2.64. The zero-order valence-corrected chi connectivity index (χ0v) is 18.7. The fraction of sp³-hybridized carbons (Fsp3) is 0.481. The number of benzene rings is 2. The lowest BCUT2D eigenvalue weighted by atomic mass is 9.71. The Bertz CT molecular complexity index is 1030. The van der Waals surface area contributed by atoms with Gasteiger partial charge >= 0.3 is 0 Å². The zero-order chi connectivity index (χ0) is 22.1. The topological polar surface area (TPSA) is 56.6 Å². The summed E-state index contributed by atoms with van der Waals surface area (Å²) in [5, 5.41) is 9.24. The van der Waals surface area contributed by atoms with Crippen molar-refractivity contribution in [3.05, 3.63) is 65.2 Å². The van der Waals surface area contributed by atoms with Gasteiger partial charge in [-0.05, 0) is 80.0 Å². The second-order valence-corrected chi connectivity index (χ2v) is 9.58. The quantitative estimate of drug-likeness (QED) is 0.734. The summed E-state index contributed by atoms with van der Waals surface area (Å²) in [7, 11) is 1.72. The molecule has 2 aromatic carbocycles. The lowest BCUT2D eigenvalue weighted by Gasteiger charge is -2.57. The number of piperidine rings is 3. The molecule has 5 nitrogen and oxygen atoms in total. The van der Waals surface area contributed by atoms with Crippen LogP contribution in [0.4, 0.5) is 0 Å². The van der Waals surface area contributed by atoms with E-state index in [-0.39, 0.29) is 5.91 Å². The first-order chi connectivity index (χ1) is 15.7. The van der Waals surface area contributed by atoms with Gasteiger partial charge in [0, 0.05) is 30.7 Å². The summed E-state index contributed by atoms with van der Waals surface area (Å²) in [6.07, 6.45) is 5.99. The van der Waals surface area contributed by atoms with Crippen LogP contribution in [-0.4, -0.2) is 54.5 Å². The van der Waals surface area contributed by atoms with Gasteiger partial charge in [-0.2, -0.15) is 5.26 Å². The van der Waals surface area contributed by atoms with E-state index in [1.54, 1.807) is 19.2 Å². The van der Waals surface area contributed by atoms with E-state index in [1.165, 1.54) is 37.8 Å². The highest BCUT2D eigenvalue weighted by molar-refractivity contribution is 5.94. The van der Waals surface area contributed by atoms with Crippen LogP contribution < -0.4 is 4.74 Å². The van der Waals surface area contributed by atoms with Crippen LogP contribution in [0.1, 0.15) is 47.2 Å². The molecule has 1 amide bonds. The second-order valence-electron chi connectivity index (χ2n) is 9.58. The molecule has 3 saturated heterocycles. The molecule has 32 heavy (non-hydrogen) atoms. The van der Waals surface area contributed by atoms with Gasteiger partial charge in [-0.3, -0.25) is 9.69 Å². The number of amides is 1. The molecule has 0 spiro atoms. The second kappa shape index (κ2) is 8.96. The minimum atomic E-state index is 0.0705. The number of hydrogen-bond donors (Lipinski definition) is 0. The molecule has 5 heteroatoms. The molecule has 2 aromatic rings. The Labute approximate surface area is 190 Å². The van der Waals surface area contributed by atoms with E-state index in [2.05, 4.69) is 34.1 Å². The Balaban J connectivity index is 1.41. The number of methoxy groups -OCH3 is 1. The van der Waals surface area contributed by atoms with Crippen molar-refractivity contribution in [3.63, 3.8) is 0 Å². The van der Waals surface area contributed by atoms with Crippen LogP contribution in [-0.2, 0) is 6.42 Å². The average Bonchev–Trinajstić information content (AvgIpc) is 2.86. The van der Waals surface area contributed by atoms with Gasteiger partial charge in [0.05, 0.1) is 18.7 Å². The van der Waals surface area contributed by atoms with Crippen LogP contribution in [0.3, 0.4) is 0 Å². The number of likely N-dealkylation sites (tertiary alicyclic amines) is 1. The van der Waals surface area contributed by atoms with Crippen molar-refractivity contribution in [2.45, 2.75) is 44.2 Å². The highest BCUT2D eigenvalue weighted by Gasteiger charge is 2.47. The Morgan fingerprint density at radius 1 is 1.12 bits per heavy atom. The molecule has 3 heterocycles. The van der Waals surface area contributed by atoms with Gasteiger partial charge in [-0.15, -0.1) is 0 Å². The van der Waals surface area contributed by atoms with Crippen molar-refractivity contribution in [1.82, 2.24) is 9.80 Å². The predicted molar refractivity (Wildman–Crippen MR) is 123 cm³/mol. The first-order valence-corrected chi connectivity index (χ1v) is 11.8. The average molecular weight is 430 g/mol. The van der Waals surface area contributed by atoms with E-state index in [1.807, 2.05) is 18.2 Å². The molecule has 166 valence electrons. The summed E-state index contributed by atoms with van der Waals surface area (Å²) in [5.41, 5.74) is 2.48. The van der Waals surface area contributed by atoms with Crippen LogP contribution >= 0.6 is 0 Å². The summed E-state index contributed by atoms with van der Waals surface area (Å²) >= 11 is 0. The lowest BCUT2D eigenvalue weighted by molar-refractivity contribution is -0.0642. The first-order valence-electron chi connectivity index (χ1n) is 11.8. The predicted octanol–water partition coefficient (Wildman–Crippen LogP) is 4.12. The van der Waals surface area contributed by atoms with E-state index < -0.39 is 0 Å². The van der Waals surface area contributed by atoms with Gasteiger partial charge in [-0.25, -0.2) is 0 Å². The Morgan fingerprint density at radius 3 is 2.81 bits per heavy atom. The fourth-order valence-electron chi connectivity index (χ4n) is 6.30. The standard InChI is InChI=1S/C27H31N3O2/c1-32-24-9-5-6-19(13-24)14-26-23-15-22(25-10-2-3-11-30(25)26)17-29(18-23)27(31)21-8-4-7-20(12-21)16-28/h4-9,12-13,22-23,25-26H,2-3,10-11,14-15,17-18H2,1H3/t22-,23+,25+,26+/m1/s1. The third-order valence-corrected chi connectivity index (χ3v) is 7.73. The van der Waals surface area contributed by atoms with Gasteiger partial charge in [0.25, 0.3) is 5.91 Å². The maximum atomic E-state index is 13.4. The van der Waals surface area contributed by atoms with E-state index in [0.29, 0.717) is 35.0 Å². The number of nitriles is 1. The van der Waals surface area contributed by atoms with E-state index in [0.717, 1.165) is 25.3 Å². The van der Waals surface area contributed by atoms with Crippen molar-refractivity contribution in [1.29, 1.82) is 5.26 Å². The number of nitrogens with zero attached hydrogens (tertiary/aromatic N) is 3. The third kappa shape index (κ3) is 4.00. The summed E-state index contributed by atoms with van der Waals surface area (Å²) in [6.45, 7) is 2.80. The number of rotatable bonds is 4. The molecule has 0 saturated carbocycles. The number of fused-ring (bicyclic) bond motifs is 4. The van der Waals surface area contributed by atoms with E-state index in [4.69, 9.17) is 4.74 Å². The number of carbonyl (C=O) groups is 1. The van der Waals surface area contributed by atoms with Crippen LogP contribution in [0.5, 0.6) is 5.75 Å². The van der Waals surface area contributed by atoms with Gasteiger partial charge in [0.1, 0.15) is 5.75 Å².